The van der Waals surface area contributed by atoms with Crippen molar-refractivity contribution in [2.24, 2.45) is 0 Å². The molecule has 1 aromatic heterocycles. The highest BCUT2D eigenvalue weighted by Crippen LogP contribution is 2.21. The molecular weight excluding hydrogens is 332 g/mol. The molecule has 26 heavy (non-hydrogen) atoms. The van der Waals surface area contributed by atoms with Gasteiger partial charge in [-0.1, -0.05) is 30.3 Å². The summed E-state index contributed by atoms with van der Waals surface area (Å²) < 4.78 is 5.80. The van der Waals surface area contributed by atoms with Crippen LogP contribution in [0.5, 0.6) is 0 Å². The van der Waals surface area contributed by atoms with E-state index in [0.29, 0.717) is 31.9 Å². The summed E-state index contributed by atoms with van der Waals surface area (Å²) in [6, 6.07) is 13.2. The van der Waals surface area contributed by atoms with E-state index in [1.807, 2.05) is 42.5 Å². The van der Waals surface area contributed by atoms with Crippen LogP contribution in [0.15, 0.2) is 46.9 Å². The summed E-state index contributed by atoms with van der Waals surface area (Å²) in [6.45, 7) is 3.63. The standard InChI is InChI=1S/C19H22N4O3/c24-18-16-13-23(11-10-22(16)9-8-20-18)19(25)21-12-15-6-7-17(26-15)14-4-2-1-3-5-14/h1-7,16H,8-13H2,(H,20,24)(H,21,25). The van der Waals surface area contributed by atoms with E-state index in [2.05, 4.69) is 15.5 Å². The summed E-state index contributed by atoms with van der Waals surface area (Å²) in [5, 5.41) is 5.75. The Morgan fingerprint density at radius 1 is 1.15 bits per heavy atom. The molecule has 1 unspecified atom stereocenters. The lowest BCUT2D eigenvalue weighted by Crippen LogP contribution is -2.65. The van der Waals surface area contributed by atoms with E-state index < -0.39 is 0 Å². The van der Waals surface area contributed by atoms with Gasteiger partial charge in [-0.3, -0.25) is 9.69 Å². The van der Waals surface area contributed by atoms with E-state index in [0.717, 1.165) is 24.4 Å². The molecule has 7 nitrogen and oxygen atoms in total. The Kier molecular flexibility index (Phi) is 4.62. The van der Waals surface area contributed by atoms with Gasteiger partial charge in [0.2, 0.25) is 5.91 Å². The van der Waals surface area contributed by atoms with Crippen molar-refractivity contribution < 1.29 is 14.0 Å². The van der Waals surface area contributed by atoms with Crippen molar-refractivity contribution in [1.29, 1.82) is 0 Å². The molecule has 0 saturated carbocycles. The molecule has 7 heteroatoms. The molecule has 2 aromatic rings. The molecule has 2 fully saturated rings. The smallest absolute Gasteiger partial charge is 0.317 e. The van der Waals surface area contributed by atoms with Gasteiger partial charge in [-0.25, -0.2) is 4.79 Å². The fourth-order valence-electron chi connectivity index (χ4n) is 3.47. The first-order chi connectivity index (χ1) is 12.7. The topological polar surface area (TPSA) is 77.8 Å². The van der Waals surface area contributed by atoms with Gasteiger partial charge in [0.05, 0.1) is 6.54 Å². The minimum absolute atomic E-state index is 0.00675. The first-order valence-electron chi connectivity index (χ1n) is 8.89. The zero-order chi connectivity index (χ0) is 17.9. The number of fused-ring (bicyclic) bond motifs is 1. The number of carbonyl (C=O) groups excluding carboxylic acids is 2. The highest BCUT2D eigenvalue weighted by molar-refractivity contribution is 5.84. The molecule has 0 spiro atoms. The lowest BCUT2D eigenvalue weighted by molar-refractivity contribution is -0.131. The number of hydrogen-bond acceptors (Lipinski definition) is 4. The molecule has 3 heterocycles. The minimum Gasteiger partial charge on any atom is -0.459 e. The third kappa shape index (κ3) is 3.43. The summed E-state index contributed by atoms with van der Waals surface area (Å²) in [6.07, 6.45) is 0. The number of nitrogens with zero attached hydrogens (tertiary/aromatic N) is 2. The lowest BCUT2D eigenvalue weighted by atomic mass is 10.1. The van der Waals surface area contributed by atoms with Gasteiger partial charge in [0.25, 0.3) is 0 Å². The molecule has 2 aliphatic heterocycles. The van der Waals surface area contributed by atoms with Crippen LogP contribution in [0.3, 0.4) is 0 Å². The Balaban J connectivity index is 1.33. The molecule has 136 valence electrons. The van der Waals surface area contributed by atoms with Crippen LogP contribution >= 0.6 is 0 Å². The summed E-state index contributed by atoms with van der Waals surface area (Å²) in [7, 11) is 0. The van der Waals surface area contributed by atoms with E-state index in [9.17, 15) is 9.59 Å². The molecule has 2 aliphatic rings. The van der Waals surface area contributed by atoms with Crippen molar-refractivity contribution in [2.45, 2.75) is 12.6 Å². The summed E-state index contributed by atoms with van der Waals surface area (Å²) in [4.78, 5) is 28.3. The summed E-state index contributed by atoms with van der Waals surface area (Å²) in [5.74, 6) is 1.49. The molecule has 4 rings (SSSR count). The predicted molar refractivity (Wildman–Crippen MR) is 96.3 cm³/mol. The maximum absolute atomic E-state index is 12.5. The van der Waals surface area contributed by atoms with Crippen molar-refractivity contribution in [3.63, 3.8) is 0 Å². The maximum Gasteiger partial charge on any atom is 0.317 e. The van der Waals surface area contributed by atoms with Crippen LogP contribution in [-0.2, 0) is 11.3 Å². The van der Waals surface area contributed by atoms with Gasteiger partial charge < -0.3 is 20.0 Å². The molecule has 0 bridgehead atoms. The van der Waals surface area contributed by atoms with Gasteiger partial charge in [-0.05, 0) is 12.1 Å². The van der Waals surface area contributed by atoms with Crippen LogP contribution in [0.4, 0.5) is 4.79 Å². The maximum atomic E-state index is 12.5. The van der Waals surface area contributed by atoms with Crippen LogP contribution < -0.4 is 10.6 Å². The minimum atomic E-state index is -0.239. The molecule has 3 amide bonds. The SMILES string of the molecule is O=C1NCCN2CCN(C(=O)NCc3ccc(-c4ccccc4)o3)CC12. The number of hydrogen-bond donors (Lipinski definition) is 2. The van der Waals surface area contributed by atoms with Crippen molar-refractivity contribution in [3.05, 3.63) is 48.2 Å². The first kappa shape index (κ1) is 16.7. The third-order valence-corrected chi connectivity index (χ3v) is 4.91. The lowest BCUT2D eigenvalue weighted by Gasteiger charge is -2.42. The van der Waals surface area contributed by atoms with Crippen molar-refractivity contribution >= 4 is 11.9 Å². The Bertz CT molecular complexity index is 789. The summed E-state index contributed by atoms with van der Waals surface area (Å²) >= 11 is 0. The fraction of sp³-hybridized carbons (Fsp3) is 0.368. The Morgan fingerprint density at radius 3 is 2.85 bits per heavy atom. The van der Waals surface area contributed by atoms with Crippen LogP contribution in [0.25, 0.3) is 11.3 Å². The number of piperazine rings is 2. The van der Waals surface area contributed by atoms with Gasteiger partial charge in [-0.2, -0.15) is 0 Å². The van der Waals surface area contributed by atoms with Gasteiger partial charge in [0, 0.05) is 38.3 Å². The van der Waals surface area contributed by atoms with E-state index >= 15 is 0 Å². The number of rotatable bonds is 3. The van der Waals surface area contributed by atoms with Crippen molar-refractivity contribution in [1.82, 2.24) is 20.4 Å². The molecule has 1 aromatic carbocycles. The number of urea groups is 1. The van der Waals surface area contributed by atoms with Crippen molar-refractivity contribution in [3.8, 4) is 11.3 Å². The largest absolute Gasteiger partial charge is 0.459 e. The number of benzene rings is 1. The van der Waals surface area contributed by atoms with Crippen LogP contribution in [0.1, 0.15) is 5.76 Å². The first-order valence-corrected chi connectivity index (χ1v) is 8.89. The average Bonchev–Trinajstić information content (AvgIpc) is 3.16. The second-order valence-corrected chi connectivity index (χ2v) is 6.58. The average molecular weight is 354 g/mol. The molecule has 1 atom stereocenters. The van der Waals surface area contributed by atoms with Crippen LogP contribution in [0, 0.1) is 0 Å². The zero-order valence-corrected chi connectivity index (χ0v) is 14.5. The summed E-state index contributed by atoms with van der Waals surface area (Å²) in [5.41, 5.74) is 1.00. The number of carbonyl (C=O) groups is 2. The second kappa shape index (κ2) is 7.21. The van der Waals surface area contributed by atoms with Crippen LogP contribution in [0.2, 0.25) is 0 Å². The number of furan rings is 1. The molecular formula is C19H22N4O3. The van der Waals surface area contributed by atoms with Gasteiger partial charge in [-0.15, -0.1) is 0 Å². The third-order valence-electron chi connectivity index (χ3n) is 4.91. The molecule has 0 radical (unpaired) electrons. The fourth-order valence-corrected chi connectivity index (χ4v) is 3.47. The van der Waals surface area contributed by atoms with Gasteiger partial charge >= 0.3 is 6.03 Å². The van der Waals surface area contributed by atoms with E-state index in [-0.39, 0.29) is 18.0 Å². The van der Waals surface area contributed by atoms with Crippen LogP contribution in [-0.4, -0.2) is 60.5 Å². The van der Waals surface area contributed by atoms with Gasteiger partial charge in [0.15, 0.2) is 0 Å². The zero-order valence-electron chi connectivity index (χ0n) is 14.5. The van der Waals surface area contributed by atoms with Gasteiger partial charge in [0.1, 0.15) is 17.6 Å². The molecule has 2 saturated heterocycles. The van der Waals surface area contributed by atoms with E-state index in [1.54, 1.807) is 4.90 Å². The highest BCUT2D eigenvalue weighted by Gasteiger charge is 2.36. The quantitative estimate of drug-likeness (QED) is 0.870. The van der Waals surface area contributed by atoms with E-state index in [1.165, 1.54) is 0 Å². The Hall–Kier alpha value is -2.80. The Morgan fingerprint density at radius 2 is 2.00 bits per heavy atom. The molecule has 0 aliphatic carbocycles. The van der Waals surface area contributed by atoms with Crippen molar-refractivity contribution in [2.75, 3.05) is 32.7 Å². The number of amides is 3. The number of nitrogens with one attached hydrogen (secondary N) is 2. The van der Waals surface area contributed by atoms with E-state index in [4.69, 9.17) is 4.42 Å². The highest BCUT2D eigenvalue weighted by atomic mass is 16.3. The molecule has 2 N–H and O–H groups in total. The normalized spacial score (nSPS) is 20.4. The second-order valence-electron chi connectivity index (χ2n) is 6.58. The Labute approximate surface area is 151 Å². The predicted octanol–water partition coefficient (Wildman–Crippen LogP) is 1.27. The monoisotopic (exact) mass is 354 g/mol.